The van der Waals surface area contributed by atoms with Gasteiger partial charge < -0.3 is 10.1 Å². The Morgan fingerprint density at radius 3 is 2.40 bits per heavy atom. The van der Waals surface area contributed by atoms with E-state index in [1.54, 1.807) is 18.2 Å². The molecule has 0 aliphatic carbocycles. The highest BCUT2D eigenvalue weighted by Gasteiger charge is 2.33. The molecule has 0 saturated carbocycles. The molecule has 0 unspecified atom stereocenters. The first-order valence-electron chi connectivity index (χ1n) is 8.06. The van der Waals surface area contributed by atoms with E-state index in [4.69, 9.17) is 4.74 Å². The number of carbonyl (C=O) groups is 1. The van der Waals surface area contributed by atoms with Gasteiger partial charge in [0.15, 0.2) is 0 Å². The van der Waals surface area contributed by atoms with Crippen LogP contribution >= 0.6 is 0 Å². The number of hydrogen-bond donors (Lipinski definition) is 2. The monoisotopic (exact) mass is 360 g/mol. The Kier molecular flexibility index (Phi) is 5.47. The van der Waals surface area contributed by atoms with Crippen LogP contribution in [0.2, 0.25) is 0 Å². The summed E-state index contributed by atoms with van der Waals surface area (Å²) in [5.41, 5.74) is 0.912. The van der Waals surface area contributed by atoms with Crippen molar-refractivity contribution >= 4 is 16.0 Å². The fourth-order valence-corrected chi connectivity index (χ4v) is 3.99. The molecule has 0 aromatic heterocycles. The molecule has 2 atom stereocenters. The maximum atomic E-state index is 12.3. The second-order valence-corrected chi connectivity index (χ2v) is 7.64. The Bertz CT molecular complexity index is 809. The lowest BCUT2D eigenvalue weighted by atomic mass is 10.2. The smallest absolute Gasteiger partial charge is 0.323 e. The molecule has 1 saturated heterocycles. The molecule has 2 aromatic carbocycles. The van der Waals surface area contributed by atoms with Crippen molar-refractivity contribution in [1.29, 1.82) is 0 Å². The number of carbonyl (C=O) groups excluding carboxylic acids is 1. The Balaban J connectivity index is 1.52. The van der Waals surface area contributed by atoms with Crippen LogP contribution in [-0.4, -0.2) is 33.0 Å². The molecular formula is C18H20N2O4S. The van der Waals surface area contributed by atoms with Gasteiger partial charge in [0.1, 0.15) is 12.6 Å². The number of sulfonamides is 1. The van der Waals surface area contributed by atoms with Gasteiger partial charge in [-0.3, -0.25) is 4.79 Å². The number of hydrogen-bond acceptors (Lipinski definition) is 5. The van der Waals surface area contributed by atoms with E-state index >= 15 is 0 Å². The molecule has 0 spiro atoms. The van der Waals surface area contributed by atoms with Gasteiger partial charge in [-0.05, 0) is 24.1 Å². The molecular weight excluding hydrogens is 340 g/mol. The number of esters is 1. The van der Waals surface area contributed by atoms with E-state index in [1.165, 1.54) is 12.1 Å². The zero-order chi connectivity index (χ0) is 17.7. The lowest BCUT2D eigenvalue weighted by molar-refractivity contribution is -0.147. The highest BCUT2D eigenvalue weighted by molar-refractivity contribution is 7.89. The standard InChI is InChI=1S/C18H20N2O4S/c21-18(24-13-14-7-3-1-4-8-14)17-11-15(12-19-17)20-25(22,23)16-9-5-2-6-10-16/h1-10,15,17,19-20H,11-13H2/t15-,17+/m0/s1. The molecule has 2 aromatic rings. The van der Waals surface area contributed by atoms with E-state index < -0.39 is 16.1 Å². The van der Waals surface area contributed by atoms with Crippen LogP contribution in [-0.2, 0) is 26.2 Å². The van der Waals surface area contributed by atoms with Gasteiger partial charge in [0.05, 0.1) is 4.90 Å². The van der Waals surface area contributed by atoms with Crippen LogP contribution in [0, 0.1) is 0 Å². The summed E-state index contributed by atoms with van der Waals surface area (Å²) in [7, 11) is -3.59. The second-order valence-electron chi connectivity index (χ2n) is 5.92. The Hall–Kier alpha value is -2.22. The molecule has 1 heterocycles. The molecule has 1 aliphatic rings. The minimum Gasteiger partial charge on any atom is -0.460 e. The van der Waals surface area contributed by atoms with Gasteiger partial charge in [0.2, 0.25) is 10.0 Å². The first-order valence-corrected chi connectivity index (χ1v) is 9.54. The maximum absolute atomic E-state index is 12.3. The molecule has 132 valence electrons. The summed E-state index contributed by atoms with van der Waals surface area (Å²) in [6, 6.07) is 16.7. The minimum atomic E-state index is -3.59. The SMILES string of the molecule is O=C(OCc1ccccc1)[C@H]1C[C@H](NS(=O)(=O)c2ccccc2)CN1. The highest BCUT2D eigenvalue weighted by atomic mass is 32.2. The summed E-state index contributed by atoms with van der Waals surface area (Å²) < 4.78 is 32.6. The average Bonchev–Trinajstić information content (AvgIpc) is 3.09. The second kappa shape index (κ2) is 7.77. The molecule has 3 rings (SSSR count). The van der Waals surface area contributed by atoms with Gasteiger partial charge in [0, 0.05) is 12.6 Å². The summed E-state index contributed by atoms with van der Waals surface area (Å²) >= 11 is 0. The van der Waals surface area contributed by atoms with Crippen LogP contribution in [0.5, 0.6) is 0 Å². The van der Waals surface area contributed by atoms with E-state index in [0.29, 0.717) is 13.0 Å². The lowest BCUT2D eigenvalue weighted by Crippen LogP contribution is -2.36. The van der Waals surface area contributed by atoms with Gasteiger partial charge in [-0.15, -0.1) is 0 Å². The number of ether oxygens (including phenoxy) is 1. The van der Waals surface area contributed by atoms with Crippen molar-refractivity contribution in [2.45, 2.75) is 30.0 Å². The van der Waals surface area contributed by atoms with E-state index in [1.807, 2.05) is 30.3 Å². The maximum Gasteiger partial charge on any atom is 0.323 e. The summed E-state index contributed by atoms with van der Waals surface area (Å²) in [5.74, 6) is -0.370. The molecule has 2 N–H and O–H groups in total. The van der Waals surface area contributed by atoms with E-state index in [2.05, 4.69) is 10.0 Å². The quantitative estimate of drug-likeness (QED) is 0.762. The van der Waals surface area contributed by atoms with Crippen molar-refractivity contribution in [2.24, 2.45) is 0 Å². The van der Waals surface area contributed by atoms with Crippen LogP contribution in [0.25, 0.3) is 0 Å². The number of rotatable bonds is 6. The van der Waals surface area contributed by atoms with Crippen molar-refractivity contribution in [3.05, 3.63) is 66.2 Å². The normalized spacial score (nSPS) is 20.3. The summed E-state index contributed by atoms with van der Waals surface area (Å²) in [6.07, 6.45) is 0.361. The predicted molar refractivity (Wildman–Crippen MR) is 93.2 cm³/mol. The topological polar surface area (TPSA) is 84.5 Å². The molecule has 0 amide bonds. The Labute approximate surface area is 147 Å². The van der Waals surface area contributed by atoms with Gasteiger partial charge in [0.25, 0.3) is 0 Å². The van der Waals surface area contributed by atoms with Crippen molar-refractivity contribution < 1.29 is 17.9 Å². The first-order chi connectivity index (χ1) is 12.0. The Morgan fingerprint density at radius 1 is 1.08 bits per heavy atom. The van der Waals surface area contributed by atoms with Crippen molar-refractivity contribution in [3.8, 4) is 0 Å². The summed E-state index contributed by atoms with van der Waals surface area (Å²) in [5, 5.41) is 3.02. The number of nitrogens with one attached hydrogen (secondary N) is 2. The van der Waals surface area contributed by atoms with Gasteiger partial charge in [-0.25, -0.2) is 13.1 Å². The lowest BCUT2D eigenvalue weighted by Gasteiger charge is -2.13. The van der Waals surface area contributed by atoms with Crippen LogP contribution in [0.4, 0.5) is 0 Å². The van der Waals surface area contributed by atoms with Crippen LogP contribution in [0.1, 0.15) is 12.0 Å². The van der Waals surface area contributed by atoms with Crippen LogP contribution < -0.4 is 10.0 Å². The third-order valence-corrected chi connectivity index (χ3v) is 5.55. The fourth-order valence-electron chi connectivity index (χ4n) is 2.72. The number of benzene rings is 2. The summed E-state index contributed by atoms with van der Waals surface area (Å²) in [6.45, 7) is 0.593. The Morgan fingerprint density at radius 2 is 1.72 bits per heavy atom. The molecule has 1 fully saturated rings. The van der Waals surface area contributed by atoms with E-state index in [-0.39, 0.29) is 23.5 Å². The van der Waals surface area contributed by atoms with Crippen molar-refractivity contribution in [2.75, 3.05) is 6.54 Å². The molecule has 25 heavy (non-hydrogen) atoms. The first kappa shape index (κ1) is 17.6. The average molecular weight is 360 g/mol. The molecule has 1 aliphatic heterocycles. The molecule has 0 radical (unpaired) electrons. The minimum absolute atomic E-state index is 0.207. The van der Waals surface area contributed by atoms with E-state index in [9.17, 15) is 13.2 Å². The van der Waals surface area contributed by atoms with Gasteiger partial charge in [-0.1, -0.05) is 48.5 Å². The van der Waals surface area contributed by atoms with Crippen molar-refractivity contribution in [3.63, 3.8) is 0 Å². The highest BCUT2D eigenvalue weighted by Crippen LogP contribution is 2.14. The largest absolute Gasteiger partial charge is 0.460 e. The van der Waals surface area contributed by atoms with Crippen LogP contribution in [0.15, 0.2) is 65.6 Å². The van der Waals surface area contributed by atoms with E-state index in [0.717, 1.165) is 5.56 Å². The third-order valence-electron chi connectivity index (χ3n) is 4.01. The third kappa shape index (κ3) is 4.66. The van der Waals surface area contributed by atoms with Crippen LogP contribution in [0.3, 0.4) is 0 Å². The zero-order valence-electron chi connectivity index (χ0n) is 13.6. The molecule has 6 nitrogen and oxygen atoms in total. The van der Waals surface area contributed by atoms with Gasteiger partial charge in [-0.2, -0.15) is 0 Å². The zero-order valence-corrected chi connectivity index (χ0v) is 14.4. The van der Waals surface area contributed by atoms with Gasteiger partial charge >= 0.3 is 5.97 Å². The molecule has 0 bridgehead atoms. The fraction of sp³-hybridized carbons (Fsp3) is 0.278. The molecule has 7 heteroatoms. The van der Waals surface area contributed by atoms with Crippen molar-refractivity contribution in [1.82, 2.24) is 10.0 Å². The predicted octanol–water partition coefficient (Wildman–Crippen LogP) is 1.44. The summed E-state index contributed by atoms with van der Waals surface area (Å²) in [4.78, 5) is 12.4.